The molecule has 1 aliphatic heterocycles. The van der Waals surface area contributed by atoms with Crippen molar-refractivity contribution in [3.8, 4) is 11.5 Å². The molecular formula is C12H13ClO4. The van der Waals surface area contributed by atoms with Crippen LogP contribution in [0.5, 0.6) is 11.5 Å². The summed E-state index contributed by atoms with van der Waals surface area (Å²) in [5, 5.41) is 9.74. The van der Waals surface area contributed by atoms with Crippen molar-refractivity contribution in [2.75, 3.05) is 13.2 Å². The number of carbonyl (C=O) groups is 1. The van der Waals surface area contributed by atoms with Gasteiger partial charge in [-0.1, -0.05) is 11.6 Å². The van der Waals surface area contributed by atoms with Gasteiger partial charge in [0.05, 0.1) is 16.7 Å². The van der Waals surface area contributed by atoms with Gasteiger partial charge in [-0.15, -0.1) is 0 Å². The fourth-order valence-corrected chi connectivity index (χ4v) is 2.10. The minimum absolute atomic E-state index is 0.302. The Morgan fingerprint density at radius 1 is 1.47 bits per heavy atom. The first-order chi connectivity index (χ1) is 8.13. The molecule has 1 heterocycles. The first-order valence-corrected chi connectivity index (χ1v) is 5.75. The summed E-state index contributed by atoms with van der Waals surface area (Å²) in [6.07, 6.45) is 0.551. The maximum atomic E-state index is 11.0. The van der Waals surface area contributed by atoms with Gasteiger partial charge in [0.2, 0.25) is 0 Å². The number of halogens is 1. The fraction of sp³-hybridized carbons (Fsp3) is 0.417. The summed E-state index contributed by atoms with van der Waals surface area (Å²) in [7, 11) is 0. The minimum atomic E-state index is -0.511. The molecule has 0 saturated heterocycles. The van der Waals surface area contributed by atoms with Crippen molar-refractivity contribution < 1.29 is 19.4 Å². The van der Waals surface area contributed by atoms with Gasteiger partial charge in [-0.3, -0.25) is 4.79 Å². The van der Waals surface area contributed by atoms with Crippen molar-refractivity contribution in [2.45, 2.75) is 19.4 Å². The molecule has 0 aromatic heterocycles. The van der Waals surface area contributed by atoms with E-state index in [2.05, 4.69) is 0 Å². The zero-order valence-electron chi connectivity index (χ0n) is 9.40. The molecule has 1 atom stereocenters. The van der Waals surface area contributed by atoms with Gasteiger partial charge in [0.15, 0.2) is 17.8 Å². The quantitative estimate of drug-likeness (QED) is 0.839. The van der Waals surface area contributed by atoms with E-state index in [1.165, 1.54) is 0 Å². The number of benzene rings is 1. The lowest BCUT2D eigenvalue weighted by atomic mass is 10.0. The zero-order chi connectivity index (χ0) is 12.4. The van der Waals surface area contributed by atoms with Gasteiger partial charge in [0.25, 0.3) is 0 Å². The standard InChI is InChI=1S/C12H13ClO4/c1-7(15)4-8-5-10(13)9(6-14)12-11(8)16-2-3-17-12/h5-7,15H,2-4H2,1H3. The molecule has 0 spiro atoms. The van der Waals surface area contributed by atoms with Gasteiger partial charge < -0.3 is 14.6 Å². The third kappa shape index (κ3) is 2.37. The van der Waals surface area contributed by atoms with Crippen LogP contribution < -0.4 is 9.47 Å². The number of fused-ring (bicyclic) bond motifs is 1. The lowest BCUT2D eigenvalue weighted by molar-refractivity contribution is 0.111. The summed E-state index contributed by atoms with van der Waals surface area (Å²) >= 11 is 6.00. The number of aliphatic hydroxyl groups is 1. The highest BCUT2D eigenvalue weighted by molar-refractivity contribution is 6.33. The molecule has 1 aliphatic rings. The van der Waals surface area contributed by atoms with Gasteiger partial charge in [0.1, 0.15) is 13.2 Å². The van der Waals surface area contributed by atoms with E-state index in [4.69, 9.17) is 21.1 Å². The van der Waals surface area contributed by atoms with Crippen LogP contribution in [0.3, 0.4) is 0 Å². The Bertz CT molecular complexity index is 443. The Hall–Kier alpha value is -1.26. The van der Waals surface area contributed by atoms with Crippen LogP contribution in [-0.4, -0.2) is 30.7 Å². The van der Waals surface area contributed by atoms with Crippen molar-refractivity contribution in [3.05, 3.63) is 22.2 Å². The van der Waals surface area contributed by atoms with E-state index >= 15 is 0 Å². The van der Waals surface area contributed by atoms with Crippen LogP contribution in [-0.2, 0) is 6.42 Å². The molecule has 92 valence electrons. The van der Waals surface area contributed by atoms with E-state index in [-0.39, 0.29) is 0 Å². The van der Waals surface area contributed by atoms with Gasteiger partial charge in [0, 0.05) is 12.0 Å². The number of aldehydes is 1. The summed E-state index contributed by atoms with van der Waals surface area (Å²) in [6.45, 7) is 2.50. The summed E-state index contributed by atoms with van der Waals surface area (Å²) < 4.78 is 10.9. The van der Waals surface area contributed by atoms with E-state index in [0.29, 0.717) is 48.0 Å². The minimum Gasteiger partial charge on any atom is -0.486 e. The number of aliphatic hydroxyl groups excluding tert-OH is 1. The Morgan fingerprint density at radius 3 is 2.71 bits per heavy atom. The van der Waals surface area contributed by atoms with E-state index in [0.717, 1.165) is 5.56 Å². The van der Waals surface area contributed by atoms with E-state index in [9.17, 15) is 9.90 Å². The van der Waals surface area contributed by atoms with Crippen LogP contribution >= 0.6 is 11.6 Å². The first kappa shape index (κ1) is 12.2. The molecule has 2 rings (SSSR count). The van der Waals surface area contributed by atoms with Crippen molar-refractivity contribution >= 4 is 17.9 Å². The maximum Gasteiger partial charge on any atom is 0.173 e. The lowest BCUT2D eigenvalue weighted by Gasteiger charge is -2.23. The third-order valence-corrected chi connectivity index (χ3v) is 2.82. The molecule has 1 aromatic carbocycles. The number of hydrogen-bond acceptors (Lipinski definition) is 4. The second-order valence-corrected chi connectivity index (χ2v) is 4.36. The van der Waals surface area contributed by atoms with Crippen molar-refractivity contribution in [2.24, 2.45) is 0 Å². The van der Waals surface area contributed by atoms with Crippen molar-refractivity contribution in [1.29, 1.82) is 0 Å². The average Bonchev–Trinajstić information content (AvgIpc) is 2.28. The molecule has 1 aromatic rings. The molecule has 5 heteroatoms. The fourth-order valence-electron chi connectivity index (χ4n) is 1.84. The molecule has 0 bridgehead atoms. The number of ether oxygens (including phenoxy) is 2. The zero-order valence-corrected chi connectivity index (χ0v) is 10.2. The third-order valence-electron chi connectivity index (χ3n) is 2.51. The predicted molar refractivity (Wildman–Crippen MR) is 63.2 cm³/mol. The van der Waals surface area contributed by atoms with Crippen LogP contribution in [0.2, 0.25) is 5.02 Å². The molecule has 1 unspecified atom stereocenters. The van der Waals surface area contributed by atoms with Crippen molar-refractivity contribution in [3.63, 3.8) is 0 Å². The van der Waals surface area contributed by atoms with Gasteiger partial charge in [-0.05, 0) is 13.0 Å². The molecule has 1 N–H and O–H groups in total. The summed E-state index contributed by atoms with van der Waals surface area (Å²) in [5.74, 6) is 0.901. The largest absolute Gasteiger partial charge is 0.486 e. The highest BCUT2D eigenvalue weighted by Gasteiger charge is 2.23. The van der Waals surface area contributed by atoms with Crippen LogP contribution in [0.1, 0.15) is 22.8 Å². The second kappa shape index (κ2) is 4.94. The SMILES string of the molecule is CC(O)Cc1cc(Cl)c(C=O)c2c1OCCO2. The molecule has 0 amide bonds. The number of carbonyl (C=O) groups excluding carboxylic acids is 1. The predicted octanol–water partition coefficient (Wildman–Crippen LogP) is 1.85. The number of rotatable bonds is 3. The smallest absolute Gasteiger partial charge is 0.173 e. The molecule has 17 heavy (non-hydrogen) atoms. The normalized spacial score (nSPS) is 15.5. The molecule has 0 fully saturated rings. The Labute approximate surface area is 104 Å². The van der Waals surface area contributed by atoms with Crippen LogP contribution in [0.4, 0.5) is 0 Å². The van der Waals surface area contributed by atoms with Gasteiger partial charge in [-0.2, -0.15) is 0 Å². The molecule has 4 nitrogen and oxygen atoms in total. The maximum absolute atomic E-state index is 11.0. The van der Waals surface area contributed by atoms with E-state index in [1.54, 1.807) is 13.0 Å². The Balaban J connectivity index is 2.54. The molecule has 0 radical (unpaired) electrons. The van der Waals surface area contributed by atoms with E-state index in [1.807, 2.05) is 0 Å². The van der Waals surface area contributed by atoms with Gasteiger partial charge in [-0.25, -0.2) is 0 Å². The number of hydrogen-bond donors (Lipinski definition) is 1. The first-order valence-electron chi connectivity index (χ1n) is 5.37. The molecule has 0 saturated carbocycles. The second-order valence-electron chi connectivity index (χ2n) is 3.96. The Morgan fingerprint density at radius 2 is 2.12 bits per heavy atom. The lowest BCUT2D eigenvalue weighted by Crippen LogP contribution is -2.19. The van der Waals surface area contributed by atoms with Crippen LogP contribution in [0, 0.1) is 0 Å². The monoisotopic (exact) mass is 256 g/mol. The summed E-state index contributed by atoms with van der Waals surface area (Å²) in [5.41, 5.74) is 1.06. The van der Waals surface area contributed by atoms with E-state index < -0.39 is 6.10 Å². The Kier molecular flexibility index (Phi) is 3.54. The topological polar surface area (TPSA) is 55.8 Å². The molecular weight excluding hydrogens is 244 g/mol. The van der Waals surface area contributed by atoms with Crippen molar-refractivity contribution in [1.82, 2.24) is 0 Å². The highest BCUT2D eigenvalue weighted by atomic mass is 35.5. The summed E-state index contributed by atoms with van der Waals surface area (Å²) in [4.78, 5) is 11.0. The highest BCUT2D eigenvalue weighted by Crippen LogP contribution is 2.40. The van der Waals surface area contributed by atoms with Gasteiger partial charge >= 0.3 is 0 Å². The van der Waals surface area contributed by atoms with Crippen LogP contribution in [0.15, 0.2) is 6.07 Å². The summed E-state index contributed by atoms with van der Waals surface area (Å²) in [6, 6.07) is 1.64. The molecule has 0 aliphatic carbocycles. The van der Waals surface area contributed by atoms with Crippen LogP contribution in [0.25, 0.3) is 0 Å². The average molecular weight is 257 g/mol.